The molecule has 0 aliphatic rings. The molecule has 1 aromatic carbocycles. The first-order valence-electron chi connectivity index (χ1n) is 6.03. The zero-order valence-corrected chi connectivity index (χ0v) is 11.6. The highest BCUT2D eigenvalue weighted by Gasteiger charge is 2.06. The number of nitrogens with zero attached hydrogens (tertiary/aromatic N) is 2. The Morgan fingerprint density at radius 2 is 1.85 bits per heavy atom. The molecular formula is C14H13N3O2S. The molecule has 2 heterocycles. The van der Waals surface area contributed by atoms with E-state index in [4.69, 9.17) is 0 Å². The molecule has 6 heteroatoms. The van der Waals surface area contributed by atoms with Crippen LogP contribution in [-0.2, 0) is 10.0 Å². The molecule has 3 aromatic rings. The molecule has 3 rings (SSSR count). The molecule has 0 aliphatic heterocycles. The van der Waals surface area contributed by atoms with E-state index < -0.39 is 10.0 Å². The van der Waals surface area contributed by atoms with Crippen molar-refractivity contribution in [2.24, 2.45) is 0 Å². The van der Waals surface area contributed by atoms with E-state index in [9.17, 15) is 8.42 Å². The number of hydrogen-bond donors (Lipinski definition) is 1. The number of nitrogens with one attached hydrogen (secondary N) is 1. The number of fused-ring (bicyclic) bond motifs is 1. The van der Waals surface area contributed by atoms with E-state index in [-0.39, 0.29) is 0 Å². The fourth-order valence-corrected chi connectivity index (χ4v) is 2.67. The molecule has 0 unspecified atom stereocenters. The number of hydrogen-bond acceptors (Lipinski definition) is 3. The fourth-order valence-electron chi connectivity index (χ4n) is 2.11. The number of sulfonamides is 1. The lowest BCUT2D eigenvalue weighted by Crippen LogP contribution is -2.09. The molecule has 0 aliphatic carbocycles. The summed E-state index contributed by atoms with van der Waals surface area (Å²) in [6.45, 7) is 0. The van der Waals surface area contributed by atoms with E-state index in [2.05, 4.69) is 9.71 Å². The normalized spacial score (nSPS) is 11.7. The Kier molecular flexibility index (Phi) is 2.94. The summed E-state index contributed by atoms with van der Waals surface area (Å²) in [5.74, 6) is 0. The molecule has 20 heavy (non-hydrogen) atoms. The smallest absolute Gasteiger partial charge is 0.229 e. The van der Waals surface area contributed by atoms with Gasteiger partial charge in [-0.1, -0.05) is 12.1 Å². The first-order valence-corrected chi connectivity index (χ1v) is 7.92. The zero-order valence-electron chi connectivity index (χ0n) is 10.8. The van der Waals surface area contributed by atoms with Gasteiger partial charge in [0.1, 0.15) is 5.65 Å². The maximum atomic E-state index is 11.2. The molecule has 0 spiro atoms. The average molecular weight is 287 g/mol. The van der Waals surface area contributed by atoms with Gasteiger partial charge in [0.2, 0.25) is 10.0 Å². The van der Waals surface area contributed by atoms with Crippen LogP contribution in [-0.4, -0.2) is 24.1 Å². The summed E-state index contributed by atoms with van der Waals surface area (Å²) in [6.07, 6.45) is 6.70. The third-order valence-corrected chi connectivity index (χ3v) is 3.52. The van der Waals surface area contributed by atoms with Crippen molar-refractivity contribution in [3.05, 3.63) is 55.0 Å². The SMILES string of the molecule is CS(=O)(=O)Nc1ccc(-c2cccn3ccnc23)cc1. The quantitative estimate of drug-likeness (QED) is 0.804. The van der Waals surface area contributed by atoms with Gasteiger partial charge in [-0.3, -0.25) is 4.72 Å². The number of rotatable bonds is 3. The van der Waals surface area contributed by atoms with Gasteiger partial charge in [-0.2, -0.15) is 0 Å². The van der Waals surface area contributed by atoms with Crippen molar-refractivity contribution in [3.63, 3.8) is 0 Å². The van der Waals surface area contributed by atoms with E-state index >= 15 is 0 Å². The summed E-state index contributed by atoms with van der Waals surface area (Å²) in [7, 11) is -3.25. The number of benzene rings is 1. The minimum atomic E-state index is -3.25. The standard InChI is InChI=1S/C14H13N3O2S/c1-20(18,19)16-12-6-4-11(5-7-12)13-3-2-9-17-10-8-15-14(13)17/h2-10,16H,1H3. The van der Waals surface area contributed by atoms with Crippen LogP contribution in [0.1, 0.15) is 0 Å². The monoisotopic (exact) mass is 287 g/mol. The van der Waals surface area contributed by atoms with Crippen LogP contribution in [0.5, 0.6) is 0 Å². The lowest BCUT2D eigenvalue weighted by atomic mass is 10.1. The van der Waals surface area contributed by atoms with Crippen LogP contribution in [0.4, 0.5) is 5.69 Å². The zero-order chi connectivity index (χ0) is 14.2. The number of aromatic nitrogens is 2. The van der Waals surface area contributed by atoms with Crippen LogP contribution in [0, 0.1) is 0 Å². The van der Waals surface area contributed by atoms with Crippen molar-refractivity contribution in [1.82, 2.24) is 9.38 Å². The molecule has 0 bridgehead atoms. The lowest BCUT2D eigenvalue weighted by molar-refractivity contribution is 0.607. The van der Waals surface area contributed by atoms with Crippen molar-refractivity contribution in [2.45, 2.75) is 0 Å². The third kappa shape index (κ3) is 2.50. The Morgan fingerprint density at radius 1 is 1.10 bits per heavy atom. The number of imidazole rings is 1. The van der Waals surface area contributed by atoms with Gasteiger partial charge >= 0.3 is 0 Å². The average Bonchev–Trinajstić information content (AvgIpc) is 2.86. The maximum absolute atomic E-state index is 11.2. The predicted octanol–water partition coefficient (Wildman–Crippen LogP) is 2.37. The van der Waals surface area contributed by atoms with Crippen molar-refractivity contribution < 1.29 is 8.42 Å². The lowest BCUT2D eigenvalue weighted by Gasteiger charge is -2.07. The fraction of sp³-hybridized carbons (Fsp3) is 0.0714. The molecule has 5 nitrogen and oxygen atoms in total. The highest BCUT2D eigenvalue weighted by Crippen LogP contribution is 2.25. The second-order valence-electron chi connectivity index (χ2n) is 4.53. The van der Waals surface area contributed by atoms with Gasteiger partial charge in [0, 0.05) is 29.8 Å². The Balaban J connectivity index is 2.01. The van der Waals surface area contributed by atoms with Crippen molar-refractivity contribution in [3.8, 4) is 11.1 Å². The van der Waals surface area contributed by atoms with Crippen LogP contribution in [0.25, 0.3) is 16.8 Å². The van der Waals surface area contributed by atoms with Crippen molar-refractivity contribution in [2.75, 3.05) is 11.0 Å². The first-order chi connectivity index (χ1) is 9.53. The van der Waals surface area contributed by atoms with Crippen LogP contribution in [0.2, 0.25) is 0 Å². The van der Waals surface area contributed by atoms with E-state index in [1.54, 1.807) is 18.3 Å². The molecule has 1 N–H and O–H groups in total. The van der Waals surface area contributed by atoms with E-state index in [1.165, 1.54) is 0 Å². The highest BCUT2D eigenvalue weighted by atomic mass is 32.2. The van der Waals surface area contributed by atoms with Gasteiger partial charge in [-0.25, -0.2) is 13.4 Å². The van der Waals surface area contributed by atoms with E-state index in [1.807, 2.05) is 41.1 Å². The second-order valence-corrected chi connectivity index (χ2v) is 6.28. The Morgan fingerprint density at radius 3 is 2.55 bits per heavy atom. The number of anilines is 1. The predicted molar refractivity (Wildman–Crippen MR) is 79.1 cm³/mol. The van der Waals surface area contributed by atoms with Gasteiger partial charge in [0.15, 0.2) is 0 Å². The van der Waals surface area contributed by atoms with Gasteiger partial charge in [-0.05, 0) is 29.8 Å². The topological polar surface area (TPSA) is 63.5 Å². The summed E-state index contributed by atoms with van der Waals surface area (Å²) < 4.78 is 26.7. The third-order valence-electron chi connectivity index (χ3n) is 2.92. The molecular weight excluding hydrogens is 274 g/mol. The van der Waals surface area contributed by atoms with Crippen LogP contribution >= 0.6 is 0 Å². The minimum absolute atomic E-state index is 0.548. The van der Waals surface area contributed by atoms with Gasteiger partial charge in [0.05, 0.1) is 6.26 Å². The minimum Gasteiger partial charge on any atom is -0.307 e. The van der Waals surface area contributed by atoms with Gasteiger partial charge in [-0.15, -0.1) is 0 Å². The summed E-state index contributed by atoms with van der Waals surface area (Å²) in [4.78, 5) is 4.33. The van der Waals surface area contributed by atoms with Crippen LogP contribution in [0.15, 0.2) is 55.0 Å². The van der Waals surface area contributed by atoms with Crippen LogP contribution < -0.4 is 4.72 Å². The van der Waals surface area contributed by atoms with E-state index in [0.717, 1.165) is 23.0 Å². The first kappa shape index (κ1) is 12.7. The Labute approximate surface area is 117 Å². The second kappa shape index (κ2) is 4.64. The Hall–Kier alpha value is -2.34. The molecule has 2 aromatic heterocycles. The molecule has 0 amide bonds. The summed E-state index contributed by atoms with van der Waals surface area (Å²) in [6, 6.07) is 11.2. The van der Waals surface area contributed by atoms with Crippen molar-refractivity contribution in [1.29, 1.82) is 0 Å². The van der Waals surface area contributed by atoms with Gasteiger partial charge in [0.25, 0.3) is 0 Å². The van der Waals surface area contributed by atoms with Crippen LogP contribution in [0.3, 0.4) is 0 Å². The largest absolute Gasteiger partial charge is 0.307 e. The molecule has 0 saturated heterocycles. The molecule has 0 saturated carbocycles. The molecule has 102 valence electrons. The van der Waals surface area contributed by atoms with E-state index in [0.29, 0.717) is 5.69 Å². The Bertz CT molecular complexity index is 852. The molecule has 0 atom stereocenters. The summed E-state index contributed by atoms with van der Waals surface area (Å²) >= 11 is 0. The van der Waals surface area contributed by atoms with Gasteiger partial charge < -0.3 is 4.40 Å². The molecule has 0 fully saturated rings. The highest BCUT2D eigenvalue weighted by molar-refractivity contribution is 7.92. The molecule has 0 radical (unpaired) electrons. The summed E-state index contributed by atoms with van der Waals surface area (Å²) in [5, 5.41) is 0. The maximum Gasteiger partial charge on any atom is 0.229 e. The summed E-state index contributed by atoms with van der Waals surface area (Å²) in [5.41, 5.74) is 3.41. The number of pyridine rings is 1. The van der Waals surface area contributed by atoms with Crippen molar-refractivity contribution >= 4 is 21.4 Å².